The number of halogens is 2. The molecule has 2 aromatic carbocycles. The van der Waals surface area contributed by atoms with Gasteiger partial charge in [0.2, 0.25) is 0 Å². The second-order valence-electron chi connectivity index (χ2n) is 4.85. The number of rotatable bonds is 6. The van der Waals surface area contributed by atoms with E-state index < -0.39 is 0 Å². The molecule has 0 bridgehead atoms. The van der Waals surface area contributed by atoms with Gasteiger partial charge in [0.15, 0.2) is 0 Å². The van der Waals surface area contributed by atoms with Crippen molar-refractivity contribution in [1.82, 2.24) is 5.32 Å². The first-order valence-corrected chi connectivity index (χ1v) is 8.05. The minimum atomic E-state index is -0.337. The smallest absolute Gasteiger partial charge is 0.319 e. The zero-order chi connectivity index (χ0) is 16.7. The van der Waals surface area contributed by atoms with Crippen molar-refractivity contribution >= 4 is 34.9 Å². The third-order valence-corrected chi connectivity index (χ3v) is 3.56. The molecule has 0 aliphatic carbocycles. The quantitative estimate of drug-likeness (QED) is 0.736. The third-order valence-electron chi connectivity index (χ3n) is 3.12. The lowest BCUT2D eigenvalue weighted by atomic mass is 10.1. The highest BCUT2D eigenvalue weighted by Crippen LogP contribution is 2.22. The topological polar surface area (TPSA) is 50.4 Å². The van der Waals surface area contributed by atoms with Crippen LogP contribution in [0.25, 0.3) is 0 Å². The largest absolute Gasteiger partial charge is 0.491 e. The van der Waals surface area contributed by atoms with Gasteiger partial charge < -0.3 is 15.4 Å². The summed E-state index contributed by atoms with van der Waals surface area (Å²) in [7, 11) is 0. The maximum Gasteiger partial charge on any atom is 0.319 e. The van der Waals surface area contributed by atoms with E-state index in [0.29, 0.717) is 28.9 Å². The van der Waals surface area contributed by atoms with Gasteiger partial charge in [-0.25, -0.2) is 4.79 Å². The molecular formula is C17H18Cl2N2O2. The lowest BCUT2D eigenvalue weighted by Gasteiger charge is -2.11. The Morgan fingerprint density at radius 1 is 1.13 bits per heavy atom. The number of urea groups is 1. The zero-order valence-electron chi connectivity index (χ0n) is 12.7. The van der Waals surface area contributed by atoms with E-state index in [1.54, 1.807) is 18.2 Å². The summed E-state index contributed by atoms with van der Waals surface area (Å²) in [4.78, 5) is 11.8. The molecule has 2 amide bonds. The van der Waals surface area contributed by atoms with Crippen LogP contribution in [0.2, 0.25) is 10.0 Å². The number of carbonyl (C=O) groups is 1. The molecule has 0 fully saturated rings. The van der Waals surface area contributed by atoms with E-state index >= 15 is 0 Å². The van der Waals surface area contributed by atoms with Crippen LogP contribution in [0.1, 0.15) is 12.5 Å². The molecule has 0 aromatic heterocycles. The number of aryl methyl sites for hydroxylation is 1. The van der Waals surface area contributed by atoms with Gasteiger partial charge in [-0.3, -0.25) is 0 Å². The van der Waals surface area contributed by atoms with Crippen molar-refractivity contribution < 1.29 is 9.53 Å². The Morgan fingerprint density at radius 2 is 1.83 bits per heavy atom. The third kappa shape index (κ3) is 5.66. The van der Waals surface area contributed by atoms with E-state index in [1.165, 1.54) is 0 Å². The van der Waals surface area contributed by atoms with E-state index in [0.717, 1.165) is 17.7 Å². The predicted molar refractivity (Wildman–Crippen MR) is 94.8 cm³/mol. The van der Waals surface area contributed by atoms with E-state index in [2.05, 4.69) is 17.6 Å². The van der Waals surface area contributed by atoms with Gasteiger partial charge in [-0.05, 0) is 36.2 Å². The number of benzene rings is 2. The molecule has 0 unspecified atom stereocenters. The summed E-state index contributed by atoms with van der Waals surface area (Å²) >= 11 is 11.8. The number of hydrogen-bond donors (Lipinski definition) is 2. The van der Waals surface area contributed by atoms with Crippen LogP contribution >= 0.6 is 23.2 Å². The van der Waals surface area contributed by atoms with Crippen LogP contribution in [0.4, 0.5) is 10.5 Å². The number of para-hydroxylation sites is 1. The molecule has 0 atom stereocenters. The van der Waals surface area contributed by atoms with Crippen molar-refractivity contribution in [2.75, 3.05) is 18.5 Å². The first-order chi connectivity index (χ1) is 11.1. The first-order valence-electron chi connectivity index (χ1n) is 7.30. The van der Waals surface area contributed by atoms with Crippen LogP contribution in [-0.4, -0.2) is 19.2 Å². The lowest BCUT2D eigenvalue weighted by molar-refractivity contribution is 0.247. The molecule has 0 aliphatic rings. The summed E-state index contributed by atoms with van der Waals surface area (Å²) in [6, 6.07) is 12.4. The standard InChI is InChI=1S/C17H18Cl2N2O2/c1-2-12-5-3-4-6-16(12)23-8-7-20-17(22)21-15-10-13(18)9-14(19)11-15/h3-6,9-11H,2,7-8H2,1H3,(H2,20,21,22). The highest BCUT2D eigenvalue weighted by molar-refractivity contribution is 6.35. The molecule has 2 rings (SSSR count). The van der Waals surface area contributed by atoms with Gasteiger partial charge in [0, 0.05) is 15.7 Å². The summed E-state index contributed by atoms with van der Waals surface area (Å²) < 4.78 is 5.68. The Hall–Kier alpha value is -1.91. The molecule has 0 saturated carbocycles. The Bertz CT molecular complexity index is 657. The van der Waals surface area contributed by atoms with Crippen molar-refractivity contribution in [3.05, 3.63) is 58.1 Å². The molecule has 2 aromatic rings. The lowest BCUT2D eigenvalue weighted by Crippen LogP contribution is -2.32. The molecule has 0 heterocycles. The Morgan fingerprint density at radius 3 is 2.52 bits per heavy atom. The van der Waals surface area contributed by atoms with Crippen molar-refractivity contribution in [3.63, 3.8) is 0 Å². The fourth-order valence-electron chi connectivity index (χ4n) is 2.06. The highest BCUT2D eigenvalue weighted by atomic mass is 35.5. The fourth-order valence-corrected chi connectivity index (χ4v) is 2.59. The molecule has 23 heavy (non-hydrogen) atoms. The number of nitrogens with one attached hydrogen (secondary N) is 2. The molecule has 0 spiro atoms. The number of amides is 2. The van der Waals surface area contributed by atoms with Crippen molar-refractivity contribution in [2.45, 2.75) is 13.3 Å². The summed E-state index contributed by atoms with van der Waals surface area (Å²) in [5.41, 5.74) is 1.68. The second-order valence-corrected chi connectivity index (χ2v) is 5.72. The van der Waals surface area contributed by atoms with E-state index in [4.69, 9.17) is 27.9 Å². The normalized spacial score (nSPS) is 10.2. The Labute approximate surface area is 145 Å². The minimum absolute atomic E-state index is 0.337. The van der Waals surface area contributed by atoms with Crippen LogP contribution in [0.5, 0.6) is 5.75 Å². The molecule has 0 saturated heterocycles. The van der Waals surface area contributed by atoms with Gasteiger partial charge >= 0.3 is 6.03 Å². The minimum Gasteiger partial charge on any atom is -0.491 e. The maximum atomic E-state index is 11.8. The summed E-state index contributed by atoms with van der Waals surface area (Å²) in [6.07, 6.45) is 0.902. The van der Waals surface area contributed by atoms with Gasteiger partial charge in [-0.15, -0.1) is 0 Å². The summed E-state index contributed by atoms with van der Waals surface area (Å²) in [5, 5.41) is 6.32. The second kappa shape index (κ2) is 8.65. The van der Waals surface area contributed by atoms with Crippen LogP contribution in [-0.2, 0) is 6.42 Å². The average Bonchev–Trinajstić information content (AvgIpc) is 2.51. The van der Waals surface area contributed by atoms with Gasteiger partial charge in [0.25, 0.3) is 0 Å². The van der Waals surface area contributed by atoms with Crippen molar-refractivity contribution in [2.24, 2.45) is 0 Å². The van der Waals surface area contributed by atoms with Crippen LogP contribution < -0.4 is 15.4 Å². The highest BCUT2D eigenvalue weighted by Gasteiger charge is 2.04. The summed E-state index contributed by atoms with van der Waals surface area (Å²) in [5.74, 6) is 0.846. The van der Waals surface area contributed by atoms with Crippen LogP contribution in [0.3, 0.4) is 0 Å². The SMILES string of the molecule is CCc1ccccc1OCCNC(=O)Nc1cc(Cl)cc(Cl)c1. The summed E-state index contributed by atoms with van der Waals surface area (Å²) in [6.45, 7) is 2.85. The van der Waals surface area contributed by atoms with Crippen molar-refractivity contribution in [1.29, 1.82) is 0 Å². The molecule has 0 radical (unpaired) electrons. The molecule has 0 aliphatic heterocycles. The number of ether oxygens (including phenoxy) is 1. The molecule has 4 nitrogen and oxygen atoms in total. The van der Waals surface area contributed by atoms with Gasteiger partial charge in [0.1, 0.15) is 12.4 Å². The number of carbonyl (C=O) groups excluding carboxylic acids is 1. The molecule has 122 valence electrons. The van der Waals surface area contributed by atoms with Gasteiger partial charge in [-0.2, -0.15) is 0 Å². The number of hydrogen-bond acceptors (Lipinski definition) is 2. The first kappa shape index (κ1) is 17.4. The Balaban J connectivity index is 1.76. The Kier molecular flexibility index (Phi) is 6.56. The van der Waals surface area contributed by atoms with Gasteiger partial charge in [0.05, 0.1) is 6.54 Å². The molecule has 6 heteroatoms. The van der Waals surface area contributed by atoms with Crippen LogP contribution in [0.15, 0.2) is 42.5 Å². The average molecular weight is 353 g/mol. The van der Waals surface area contributed by atoms with Crippen LogP contribution in [0, 0.1) is 0 Å². The zero-order valence-corrected chi connectivity index (χ0v) is 14.2. The molecule has 2 N–H and O–H groups in total. The van der Waals surface area contributed by atoms with E-state index in [9.17, 15) is 4.79 Å². The molecular weight excluding hydrogens is 335 g/mol. The number of anilines is 1. The van der Waals surface area contributed by atoms with Crippen molar-refractivity contribution in [3.8, 4) is 5.75 Å². The van der Waals surface area contributed by atoms with Gasteiger partial charge in [-0.1, -0.05) is 48.3 Å². The fraction of sp³-hybridized carbons (Fsp3) is 0.235. The monoisotopic (exact) mass is 352 g/mol. The van der Waals surface area contributed by atoms with E-state index in [-0.39, 0.29) is 6.03 Å². The van der Waals surface area contributed by atoms with E-state index in [1.807, 2.05) is 24.3 Å². The predicted octanol–water partition coefficient (Wildman–Crippen LogP) is 4.76. The maximum absolute atomic E-state index is 11.8.